The minimum atomic E-state index is -2.81. The summed E-state index contributed by atoms with van der Waals surface area (Å²) < 4.78 is 25.8. The third-order valence-electron chi connectivity index (χ3n) is 2.60. The van der Waals surface area contributed by atoms with E-state index in [1.165, 1.54) is 14.0 Å². The van der Waals surface area contributed by atoms with Crippen molar-refractivity contribution in [1.82, 2.24) is 0 Å². The van der Waals surface area contributed by atoms with Gasteiger partial charge in [-0.15, -0.1) is 0 Å². The number of hydrogen-bond donors (Lipinski definition) is 0. The van der Waals surface area contributed by atoms with Crippen LogP contribution >= 0.6 is 0 Å². The zero-order valence-corrected chi connectivity index (χ0v) is 14.5. The molecular weight excluding hydrogens is 296 g/mol. The summed E-state index contributed by atoms with van der Waals surface area (Å²) in [4.78, 5) is 22.9. The van der Waals surface area contributed by atoms with Gasteiger partial charge in [-0.2, -0.15) is 0 Å². The fourth-order valence-corrected chi connectivity index (χ4v) is 4.10. The van der Waals surface area contributed by atoms with Crippen LogP contribution in [0.3, 0.4) is 0 Å². The molecule has 2 unspecified atom stereocenters. The molecule has 0 fully saturated rings. The molecule has 0 saturated heterocycles. The largest absolute Gasteiger partial charge is 0.485 e. The lowest BCUT2D eigenvalue weighted by Crippen LogP contribution is -2.43. The monoisotopic (exact) mass is 322 g/mol. The van der Waals surface area contributed by atoms with Crippen LogP contribution in [0.5, 0.6) is 0 Å². The Morgan fingerprint density at radius 2 is 1.81 bits per heavy atom. The topological polar surface area (TPSA) is 80.3 Å². The van der Waals surface area contributed by atoms with Crippen LogP contribution < -0.4 is 0 Å². The number of carbonyl (C=O) groups excluding carboxylic acids is 2. The first kappa shape index (κ1) is 20.0. The third-order valence-corrected chi connectivity index (χ3v) is 5.39. The van der Waals surface area contributed by atoms with Crippen LogP contribution in [-0.4, -0.2) is 60.6 Å². The fraction of sp³-hybridized carbons (Fsp3) is 0.846. The van der Waals surface area contributed by atoms with Crippen LogP contribution in [0.4, 0.5) is 0 Å². The van der Waals surface area contributed by atoms with Crippen molar-refractivity contribution in [3.63, 3.8) is 0 Å². The highest BCUT2D eigenvalue weighted by molar-refractivity contribution is 6.69. The van der Waals surface area contributed by atoms with Crippen LogP contribution in [0.2, 0.25) is 12.6 Å². The van der Waals surface area contributed by atoms with E-state index in [2.05, 4.69) is 0 Å². The van der Waals surface area contributed by atoms with Crippen molar-refractivity contribution >= 4 is 20.5 Å². The first-order valence-electron chi connectivity index (χ1n) is 6.87. The number of rotatable bonds is 11. The first-order chi connectivity index (χ1) is 9.86. The molecule has 0 rings (SSSR count). The molecule has 2 atom stereocenters. The Kier molecular flexibility index (Phi) is 10.2. The smallest absolute Gasteiger partial charge is 0.461 e. The highest BCUT2D eigenvalue weighted by Crippen LogP contribution is 2.16. The molecule has 0 aromatic heterocycles. The maximum Gasteiger partial charge on any atom is 0.461 e. The van der Waals surface area contributed by atoms with Gasteiger partial charge < -0.3 is 23.1 Å². The molecule has 0 amide bonds. The summed E-state index contributed by atoms with van der Waals surface area (Å²) in [5, 5.41) is 0. The van der Waals surface area contributed by atoms with Gasteiger partial charge >= 0.3 is 14.5 Å². The zero-order valence-electron chi connectivity index (χ0n) is 13.5. The van der Waals surface area contributed by atoms with Crippen molar-refractivity contribution in [3.05, 3.63) is 0 Å². The maximum atomic E-state index is 11.8. The molecule has 0 aliphatic rings. The highest BCUT2D eigenvalue weighted by Gasteiger charge is 2.37. The van der Waals surface area contributed by atoms with Gasteiger partial charge in [0, 0.05) is 33.7 Å². The Bertz CT molecular complexity index is 324. The SMILES string of the molecule is CCC[Si](C)(OC(C)=O)OC(=O)COCC(COC)OC. The average molecular weight is 322 g/mol. The van der Waals surface area contributed by atoms with Crippen molar-refractivity contribution < 1.29 is 32.7 Å². The normalized spacial score (nSPS) is 15.1. The molecule has 0 radical (unpaired) electrons. The molecule has 0 N–H and O–H groups in total. The van der Waals surface area contributed by atoms with Crippen LogP contribution in [0, 0.1) is 0 Å². The molecule has 0 bridgehead atoms. The molecule has 0 aromatic carbocycles. The molecule has 0 aromatic rings. The molecule has 21 heavy (non-hydrogen) atoms. The predicted octanol–water partition coefficient (Wildman–Crippen LogP) is 1.25. The second kappa shape index (κ2) is 10.7. The van der Waals surface area contributed by atoms with E-state index in [1.807, 2.05) is 6.92 Å². The summed E-state index contributed by atoms with van der Waals surface area (Å²) in [5.74, 6) is -0.975. The Hall–Kier alpha value is -0.963. The van der Waals surface area contributed by atoms with Crippen LogP contribution in [0.25, 0.3) is 0 Å². The third kappa shape index (κ3) is 9.56. The van der Waals surface area contributed by atoms with E-state index in [9.17, 15) is 9.59 Å². The second-order valence-corrected chi connectivity index (χ2v) is 7.96. The lowest BCUT2D eigenvalue weighted by Gasteiger charge is -2.25. The molecule has 0 heterocycles. The summed E-state index contributed by atoms with van der Waals surface area (Å²) in [5.41, 5.74) is 0. The van der Waals surface area contributed by atoms with E-state index in [4.69, 9.17) is 23.1 Å². The Morgan fingerprint density at radius 1 is 1.14 bits per heavy atom. The lowest BCUT2D eigenvalue weighted by molar-refractivity contribution is -0.145. The Labute approximate surface area is 127 Å². The van der Waals surface area contributed by atoms with Gasteiger partial charge in [0.25, 0.3) is 5.97 Å². The van der Waals surface area contributed by atoms with Crippen molar-refractivity contribution in [1.29, 1.82) is 0 Å². The lowest BCUT2D eigenvalue weighted by atomic mass is 10.4. The van der Waals surface area contributed by atoms with Crippen LogP contribution in [-0.2, 0) is 32.7 Å². The van der Waals surface area contributed by atoms with E-state index in [-0.39, 0.29) is 19.3 Å². The zero-order chi connectivity index (χ0) is 16.3. The van der Waals surface area contributed by atoms with Gasteiger partial charge in [0.2, 0.25) is 0 Å². The Morgan fingerprint density at radius 3 is 2.29 bits per heavy atom. The van der Waals surface area contributed by atoms with Gasteiger partial charge in [0.15, 0.2) is 0 Å². The molecule has 0 aliphatic carbocycles. The number of hydrogen-bond acceptors (Lipinski definition) is 7. The quantitative estimate of drug-likeness (QED) is 0.530. The number of methoxy groups -OCH3 is 2. The van der Waals surface area contributed by atoms with Crippen LogP contribution in [0.1, 0.15) is 20.3 Å². The first-order valence-corrected chi connectivity index (χ1v) is 9.40. The molecule has 8 heteroatoms. The standard InChI is InChI=1S/C13H26O7Si/c1-6-7-21(5,19-11(2)14)20-13(15)10-18-9-12(17-4)8-16-3/h12H,6-10H2,1-5H3. The van der Waals surface area contributed by atoms with Gasteiger partial charge in [-0.05, 0) is 0 Å². The molecule has 124 valence electrons. The summed E-state index contributed by atoms with van der Waals surface area (Å²) in [6, 6.07) is 0.558. The van der Waals surface area contributed by atoms with Gasteiger partial charge in [-0.3, -0.25) is 9.59 Å². The highest BCUT2D eigenvalue weighted by atomic mass is 28.4. The molecule has 0 saturated carbocycles. The second-order valence-electron chi connectivity index (χ2n) is 4.78. The van der Waals surface area contributed by atoms with Crippen molar-refractivity contribution in [2.45, 2.75) is 39.0 Å². The molecule has 7 nitrogen and oxygen atoms in total. The number of carbonyl (C=O) groups is 2. The van der Waals surface area contributed by atoms with Crippen molar-refractivity contribution in [3.8, 4) is 0 Å². The van der Waals surface area contributed by atoms with Gasteiger partial charge in [0.05, 0.1) is 13.2 Å². The van der Waals surface area contributed by atoms with E-state index in [0.717, 1.165) is 6.42 Å². The summed E-state index contributed by atoms with van der Waals surface area (Å²) in [6.45, 7) is 5.32. The molecular formula is C13H26O7Si. The van der Waals surface area contributed by atoms with Crippen LogP contribution in [0.15, 0.2) is 0 Å². The van der Waals surface area contributed by atoms with E-state index < -0.39 is 20.5 Å². The number of ether oxygens (including phenoxy) is 3. The molecule has 0 aliphatic heterocycles. The van der Waals surface area contributed by atoms with Gasteiger partial charge in [-0.25, -0.2) is 0 Å². The van der Waals surface area contributed by atoms with E-state index in [1.54, 1.807) is 13.7 Å². The van der Waals surface area contributed by atoms with E-state index in [0.29, 0.717) is 12.7 Å². The maximum absolute atomic E-state index is 11.8. The Balaban J connectivity index is 4.22. The van der Waals surface area contributed by atoms with Crippen molar-refractivity contribution in [2.24, 2.45) is 0 Å². The average Bonchev–Trinajstić information content (AvgIpc) is 2.36. The van der Waals surface area contributed by atoms with Gasteiger partial charge in [-0.1, -0.05) is 13.3 Å². The predicted molar refractivity (Wildman–Crippen MR) is 78.1 cm³/mol. The fourth-order valence-electron chi connectivity index (χ4n) is 1.80. The van der Waals surface area contributed by atoms with Crippen molar-refractivity contribution in [2.75, 3.05) is 34.0 Å². The summed E-state index contributed by atoms with van der Waals surface area (Å²) in [7, 11) is 0.284. The minimum absolute atomic E-state index is 0.211. The summed E-state index contributed by atoms with van der Waals surface area (Å²) in [6.07, 6.45) is 0.527. The van der Waals surface area contributed by atoms with E-state index >= 15 is 0 Å². The molecule has 0 spiro atoms. The van der Waals surface area contributed by atoms with Gasteiger partial charge in [0.1, 0.15) is 12.7 Å². The summed E-state index contributed by atoms with van der Waals surface area (Å²) >= 11 is 0. The minimum Gasteiger partial charge on any atom is -0.485 e.